The van der Waals surface area contributed by atoms with Crippen LogP contribution in [0.3, 0.4) is 0 Å². The van der Waals surface area contributed by atoms with Gasteiger partial charge in [-0.15, -0.1) is 0 Å². The Morgan fingerprint density at radius 1 is 0.923 bits per heavy atom. The van der Waals surface area contributed by atoms with Gasteiger partial charge in [0.2, 0.25) is 5.75 Å². The molecule has 0 saturated carbocycles. The number of ether oxygens (including phenoxy) is 3. The number of nitrogens with zero attached hydrogens (tertiary/aromatic N) is 2. The lowest BCUT2D eigenvalue weighted by Crippen LogP contribution is -2.33. The highest BCUT2D eigenvalue weighted by molar-refractivity contribution is 5.89. The molecule has 0 aliphatic carbocycles. The summed E-state index contributed by atoms with van der Waals surface area (Å²) >= 11 is 0. The number of hydrogen-bond acceptors (Lipinski definition) is 9. The van der Waals surface area contributed by atoms with E-state index in [2.05, 4.69) is 59.2 Å². The smallest absolute Gasteiger partial charge is 0.261 e. The summed E-state index contributed by atoms with van der Waals surface area (Å²) in [4.78, 5) is 19.0. The van der Waals surface area contributed by atoms with E-state index in [1.54, 1.807) is 24.9 Å². The number of hydrazine groups is 3. The Morgan fingerprint density at radius 2 is 1.67 bits per heavy atom. The van der Waals surface area contributed by atoms with E-state index in [4.69, 9.17) is 19.2 Å². The monoisotopic (exact) mass is 530 g/mol. The van der Waals surface area contributed by atoms with Crippen LogP contribution < -0.4 is 41.7 Å². The summed E-state index contributed by atoms with van der Waals surface area (Å²) in [5.74, 6) is 1.93. The van der Waals surface area contributed by atoms with Crippen molar-refractivity contribution in [2.75, 3.05) is 21.3 Å². The molecule has 3 aromatic carbocycles. The topological polar surface area (TPSA) is 111 Å². The van der Waals surface area contributed by atoms with Crippen molar-refractivity contribution in [3.63, 3.8) is 0 Å². The molecule has 10 heteroatoms. The van der Waals surface area contributed by atoms with E-state index >= 15 is 0 Å². The second kappa shape index (κ2) is 11.8. The molecule has 10 nitrogen and oxygen atoms in total. The summed E-state index contributed by atoms with van der Waals surface area (Å²) in [6.45, 7) is 2.49. The molecule has 0 spiro atoms. The average molecular weight is 531 g/mol. The minimum atomic E-state index is -0.174. The van der Waals surface area contributed by atoms with Crippen LogP contribution in [-0.2, 0) is 13.0 Å². The molecule has 39 heavy (non-hydrogen) atoms. The third kappa shape index (κ3) is 5.19. The van der Waals surface area contributed by atoms with Crippen LogP contribution in [0.1, 0.15) is 42.9 Å². The minimum absolute atomic E-state index is 0.153. The van der Waals surface area contributed by atoms with Crippen LogP contribution in [0.2, 0.25) is 0 Å². The second-order valence-corrected chi connectivity index (χ2v) is 9.32. The molecule has 4 N–H and O–H groups in total. The van der Waals surface area contributed by atoms with E-state index in [1.807, 2.05) is 18.2 Å². The molecule has 0 amide bonds. The molecular formula is C29H34N6O4. The van der Waals surface area contributed by atoms with Gasteiger partial charge in [0.25, 0.3) is 5.56 Å². The molecule has 1 aliphatic heterocycles. The lowest BCUT2D eigenvalue weighted by Gasteiger charge is -2.20. The zero-order valence-electron chi connectivity index (χ0n) is 22.6. The molecule has 204 valence electrons. The van der Waals surface area contributed by atoms with Crippen LogP contribution in [0, 0.1) is 0 Å². The highest BCUT2D eigenvalue weighted by Gasteiger charge is 2.23. The maximum Gasteiger partial charge on any atom is 0.261 e. The van der Waals surface area contributed by atoms with E-state index in [9.17, 15) is 4.79 Å². The van der Waals surface area contributed by atoms with E-state index in [0.717, 1.165) is 35.1 Å². The fraction of sp³-hybridized carbons (Fsp3) is 0.310. The Labute approximate surface area is 227 Å². The minimum Gasteiger partial charge on any atom is -0.493 e. The number of aryl methyl sites for hydroxylation is 1. The Kier molecular flexibility index (Phi) is 8.08. The number of benzene rings is 3. The quantitative estimate of drug-likeness (QED) is 0.244. The van der Waals surface area contributed by atoms with Crippen LogP contribution in [0.25, 0.3) is 22.0 Å². The number of unbranched alkanes of at least 4 members (excludes halogenated alkanes) is 1. The number of methoxy groups -OCH3 is 3. The Bertz CT molecular complexity index is 1520. The molecule has 1 fully saturated rings. The van der Waals surface area contributed by atoms with Crippen molar-refractivity contribution >= 4 is 10.9 Å². The third-order valence-corrected chi connectivity index (χ3v) is 6.93. The van der Waals surface area contributed by atoms with Crippen molar-refractivity contribution < 1.29 is 14.2 Å². The van der Waals surface area contributed by atoms with E-state index in [1.165, 1.54) is 7.11 Å². The van der Waals surface area contributed by atoms with Crippen LogP contribution in [0.15, 0.2) is 59.4 Å². The SMILES string of the molecule is CCCCc1nc2c(OC)c(OC)c(OC)cc2c(=O)n1Cc1ccc(-c2ccccc2)c(C2NNNN2)c1. The van der Waals surface area contributed by atoms with Gasteiger partial charge in [-0.2, -0.15) is 11.1 Å². The van der Waals surface area contributed by atoms with Gasteiger partial charge in [-0.1, -0.05) is 61.9 Å². The molecule has 0 atom stereocenters. The standard InChI is InChI=1S/C29H34N6O4/c1-5-6-12-24-30-25-22(16-23(37-2)26(38-3)27(25)39-4)29(36)35(24)17-18-13-14-20(19-10-8-7-9-11-19)21(15-18)28-31-33-34-32-28/h7-11,13-16,28,31-34H,5-6,12,17H2,1-4H3. The maximum atomic E-state index is 14.0. The summed E-state index contributed by atoms with van der Waals surface area (Å²) in [5.41, 5.74) is 16.7. The van der Waals surface area contributed by atoms with Crippen LogP contribution in [-0.4, -0.2) is 30.9 Å². The maximum absolute atomic E-state index is 14.0. The van der Waals surface area contributed by atoms with Gasteiger partial charge < -0.3 is 14.2 Å². The number of rotatable bonds is 10. The highest BCUT2D eigenvalue weighted by atomic mass is 16.5. The van der Waals surface area contributed by atoms with Crippen molar-refractivity contribution in [3.8, 4) is 28.4 Å². The van der Waals surface area contributed by atoms with Crippen molar-refractivity contribution in [2.45, 2.75) is 38.9 Å². The first-order valence-electron chi connectivity index (χ1n) is 13.0. The van der Waals surface area contributed by atoms with Gasteiger partial charge >= 0.3 is 0 Å². The zero-order valence-corrected chi connectivity index (χ0v) is 22.6. The number of hydrogen-bond donors (Lipinski definition) is 4. The largest absolute Gasteiger partial charge is 0.493 e. The number of aromatic nitrogens is 2. The van der Waals surface area contributed by atoms with Crippen LogP contribution >= 0.6 is 0 Å². The molecule has 1 saturated heterocycles. The molecular weight excluding hydrogens is 496 g/mol. The zero-order chi connectivity index (χ0) is 27.4. The third-order valence-electron chi connectivity index (χ3n) is 6.93. The molecule has 4 aromatic rings. The number of fused-ring (bicyclic) bond motifs is 1. The first-order chi connectivity index (χ1) is 19.1. The summed E-state index contributed by atoms with van der Waals surface area (Å²) in [6, 6.07) is 18.2. The van der Waals surface area contributed by atoms with Crippen LogP contribution in [0.4, 0.5) is 0 Å². The fourth-order valence-corrected chi connectivity index (χ4v) is 4.98. The molecule has 2 heterocycles. The molecule has 0 bridgehead atoms. The Hall–Kier alpha value is -3.96. The van der Waals surface area contributed by atoms with Crippen molar-refractivity contribution in [3.05, 3.63) is 81.9 Å². The van der Waals surface area contributed by atoms with E-state index in [-0.39, 0.29) is 11.7 Å². The molecule has 0 unspecified atom stereocenters. The summed E-state index contributed by atoms with van der Waals surface area (Å²) in [6.07, 6.45) is 2.37. The van der Waals surface area contributed by atoms with Gasteiger partial charge in [0, 0.05) is 6.42 Å². The Morgan fingerprint density at radius 3 is 2.33 bits per heavy atom. The van der Waals surface area contributed by atoms with Gasteiger partial charge in [0.05, 0.1) is 33.3 Å². The summed E-state index contributed by atoms with van der Waals surface area (Å²) in [5, 5.41) is 0.415. The predicted molar refractivity (Wildman–Crippen MR) is 151 cm³/mol. The average Bonchev–Trinajstić information content (AvgIpc) is 3.52. The van der Waals surface area contributed by atoms with Crippen LogP contribution in [0.5, 0.6) is 17.2 Å². The lowest BCUT2D eigenvalue weighted by molar-refractivity contribution is 0.326. The normalized spacial score (nSPS) is 13.6. The van der Waals surface area contributed by atoms with Crippen molar-refractivity contribution in [2.24, 2.45) is 0 Å². The summed E-state index contributed by atoms with van der Waals surface area (Å²) in [7, 11) is 4.62. The fourth-order valence-electron chi connectivity index (χ4n) is 4.98. The lowest BCUT2D eigenvalue weighted by atomic mass is 9.95. The van der Waals surface area contributed by atoms with Gasteiger partial charge in [-0.05, 0) is 34.7 Å². The van der Waals surface area contributed by atoms with Crippen molar-refractivity contribution in [1.82, 2.24) is 31.5 Å². The highest BCUT2D eigenvalue weighted by Crippen LogP contribution is 2.41. The molecule has 1 aromatic heterocycles. The van der Waals surface area contributed by atoms with Crippen molar-refractivity contribution in [1.29, 1.82) is 0 Å². The van der Waals surface area contributed by atoms with Gasteiger partial charge in [0.1, 0.15) is 17.5 Å². The summed E-state index contributed by atoms with van der Waals surface area (Å²) < 4.78 is 18.5. The first kappa shape index (κ1) is 26.6. The number of nitrogens with one attached hydrogen (secondary N) is 4. The Balaban J connectivity index is 1.65. The van der Waals surface area contributed by atoms with Gasteiger partial charge in [0.15, 0.2) is 11.5 Å². The van der Waals surface area contributed by atoms with Gasteiger partial charge in [-0.25, -0.2) is 15.8 Å². The second-order valence-electron chi connectivity index (χ2n) is 9.32. The molecule has 5 rings (SSSR count). The molecule has 0 radical (unpaired) electrons. The molecule has 1 aliphatic rings. The first-order valence-corrected chi connectivity index (χ1v) is 13.0. The van der Waals surface area contributed by atoms with E-state index < -0.39 is 0 Å². The van der Waals surface area contributed by atoms with E-state index in [0.29, 0.717) is 46.9 Å². The van der Waals surface area contributed by atoms with Gasteiger partial charge in [-0.3, -0.25) is 9.36 Å². The predicted octanol–water partition coefficient (Wildman–Crippen LogP) is 3.60.